The number of carboxylic acids is 1. The van der Waals surface area contributed by atoms with E-state index < -0.39 is 24.0 Å². The number of rotatable bonds is 7. The summed E-state index contributed by atoms with van der Waals surface area (Å²) in [6, 6.07) is 10.7. The number of halogens is 3. The van der Waals surface area contributed by atoms with Crippen LogP contribution in [0.4, 0.5) is 0 Å². The molecule has 8 heteroatoms. The number of aliphatic carboxylic acids is 1. The molecule has 0 unspecified atom stereocenters. The Balaban J connectivity index is 2.04. The van der Waals surface area contributed by atoms with Crippen molar-refractivity contribution in [3.8, 4) is 5.75 Å². The fraction of sp³-hybridized carbons (Fsp3) is 0.222. The third-order valence-electron chi connectivity index (χ3n) is 3.55. The maximum absolute atomic E-state index is 12.3. The van der Waals surface area contributed by atoms with Gasteiger partial charge in [-0.2, -0.15) is 0 Å². The van der Waals surface area contributed by atoms with Gasteiger partial charge in [0.05, 0.1) is 15.1 Å². The van der Waals surface area contributed by atoms with E-state index in [1.165, 1.54) is 19.1 Å². The van der Waals surface area contributed by atoms with Crippen molar-refractivity contribution in [2.24, 2.45) is 0 Å². The quantitative estimate of drug-likeness (QED) is 0.662. The van der Waals surface area contributed by atoms with Crippen molar-refractivity contribution in [3.05, 3.63) is 63.1 Å². The van der Waals surface area contributed by atoms with Gasteiger partial charge in [0, 0.05) is 12.5 Å². The lowest BCUT2D eigenvalue weighted by atomic mass is 10.1. The maximum atomic E-state index is 12.3. The van der Waals surface area contributed by atoms with Crippen LogP contribution < -0.4 is 10.1 Å². The van der Waals surface area contributed by atoms with E-state index in [2.05, 4.69) is 5.32 Å². The van der Waals surface area contributed by atoms with Gasteiger partial charge in [0.15, 0.2) is 6.10 Å². The van der Waals surface area contributed by atoms with Crippen molar-refractivity contribution in [1.29, 1.82) is 0 Å². The van der Waals surface area contributed by atoms with Crippen molar-refractivity contribution < 1.29 is 19.4 Å². The number of carbonyl (C=O) groups excluding carboxylic acids is 1. The average Bonchev–Trinajstić information content (AvgIpc) is 2.59. The van der Waals surface area contributed by atoms with Gasteiger partial charge >= 0.3 is 5.97 Å². The number of nitrogens with one attached hydrogen (secondary N) is 1. The SMILES string of the molecule is C[C@H](Oc1cc(Cl)c(Cl)cc1Cl)C(=O)N[C@@H](Cc1ccccc1)C(=O)O. The average molecular weight is 417 g/mol. The van der Waals surface area contributed by atoms with Gasteiger partial charge in [-0.25, -0.2) is 4.79 Å². The first-order valence-electron chi connectivity index (χ1n) is 7.66. The van der Waals surface area contributed by atoms with E-state index in [0.717, 1.165) is 5.56 Å². The number of carbonyl (C=O) groups is 2. The Morgan fingerprint density at radius 3 is 2.31 bits per heavy atom. The number of ether oxygens (including phenoxy) is 1. The lowest BCUT2D eigenvalue weighted by molar-refractivity contribution is -0.142. The van der Waals surface area contributed by atoms with Crippen LogP contribution in [0.2, 0.25) is 15.1 Å². The fourth-order valence-electron chi connectivity index (χ4n) is 2.18. The van der Waals surface area contributed by atoms with Crippen molar-refractivity contribution in [1.82, 2.24) is 5.32 Å². The van der Waals surface area contributed by atoms with Crippen molar-refractivity contribution in [3.63, 3.8) is 0 Å². The molecule has 0 aliphatic heterocycles. The number of hydrogen-bond donors (Lipinski definition) is 2. The summed E-state index contributed by atoms with van der Waals surface area (Å²) in [5.74, 6) is -1.55. The first-order chi connectivity index (χ1) is 12.3. The fourth-order valence-corrected chi connectivity index (χ4v) is 2.76. The van der Waals surface area contributed by atoms with Crippen LogP contribution in [-0.2, 0) is 16.0 Å². The van der Waals surface area contributed by atoms with E-state index in [9.17, 15) is 14.7 Å². The molecular weight excluding hydrogens is 401 g/mol. The Morgan fingerprint density at radius 2 is 1.69 bits per heavy atom. The predicted octanol–water partition coefficient (Wildman–Crippen LogP) is 4.23. The largest absolute Gasteiger partial charge is 0.480 e. The number of hydrogen-bond acceptors (Lipinski definition) is 3. The standard InChI is InChI=1S/C18H16Cl3NO4/c1-10(26-16-9-13(20)12(19)8-14(16)21)17(23)22-15(18(24)25)7-11-5-3-2-4-6-11/h2-6,8-10,15H,7H2,1H3,(H,22,23)(H,24,25)/t10-,15-/m0/s1. The van der Waals surface area contributed by atoms with Gasteiger partial charge in [0.2, 0.25) is 0 Å². The number of amides is 1. The summed E-state index contributed by atoms with van der Waals surface area (Å²) in [5.41, 5.74) is 0.793. The Kier molecular flexibility index (Phi) is 7.14. The second kappa shape index (κ2) is 9.12. The Labute approximate surface area is 165 Å². The molecule has 138 valence electrons. The van der Waals surface area contributed by atoms with Crippen LogP contribution in [0.5, 0.6) is 5.75 Å². The van der Waals surface area contributed by atoms with Crippen LogP contribution in [0.3, 0.4) is 0 Å². The molecule has 0 radical (unpaired) electrons. The molecule has 0 aromatic heterocycles. The molecule has 26 heavy (non-hydrogen) atoms. The molecule has 0 saturated carbocycles. The van der Waals surface area contributed by atoms with E-state index in [4.69, 9.17) is 39.5 Å². The zero-order valence-electron chi connectivity index (χ0n) is 13.7. The summed E-state index contributed by atoms with van der Waals surface area (Å²) in [6.07, 6.45) is -0.829. The third kappa shape index (κ3) is 5.53. The van der Waals surface area contributed by atoms with Gasteiger partial charge in [0.25, 0.3) is 5.91 Å². The van der Waals surface area contributed by atoms with Crippen LogP contribution in [-0.4, -0.2) is 29.1 Å². The molecular formula is C18H16Cl3NO4. The maximum Gasteiger partial charge on any atom is 0.326 e. The molecule has 2 rings (SSSR count). The smallest absolute Gasteiger partial charge is 0.326 e. The van der Waals surface area contributed by atoms with Gasteiger partial charge in [-0.3, -0.25) is 4.79 Å². The summed E-state index contributed by atoms with van der Waals surface area (Å²) in [5, 5.41) is 12.5. The summed E-state index contributed by atoms with van der Waals surface area (Å²) < 4.78 is 5.49. The molecule has 0 spiro atoms. The molecule has 2 aromatic rings. The van der Waals surface area contributed by atoms with E-state index in [1.54, 1.807) is 24.3 Å². The van der Waals surface area contributed by atoms with Gasteiger partial charge < -0.3 is 15.2 Å². The molecule has 0 saturated heterocycles. The van der Waals surface area contributed by atoms with E-state index in [0.29, 0.717) is 0 Å². The van der Waals surface area contributed by atoms with Crippen LogP contribution in [0.1, 0.15) is 12.5 Å². The van der Waals surface area contributed by atoms with Gasteiger partial charge in [0.1, 0.15) is 11.8 Å². The Bertz CT molecular complexity index is 799. The molecule has 0 fully saturated rings. The van der Waals surface area contributed by atoms with E-state index in [1.807, 2.05) is 6.07 Å². The second-order valence-electron chi connectivity index (χ2n) is 5.55. The lowest BCUT2D eigenvalue weighted by Crippen LogP contribution is -2.47. The van der Waals surface area contributed by atoms with E-state index >= 15 is 0 Å². The molecule has 2 atom stereocenters. The minimum Gasteiger partial charge on any atom is -0.480 e. The zero-order valence-corrected chi connectivity index (χ0v) is 16.0. The number of benzene rings is 2. The van der Waals surface area contributed by atoms with E-state index in [-0.39, 0.29) is 27.2 Å². The molecule has 0 bridgehead atoms. The second-order valence-corrected chi connectivity index (χ2v) is 6.77. The van der Waals surface area contributed by atoms with Crippen molar-refractivity contribution in [2.45, 2.75) is 25.5 Å². The Morgan fingerprint density at radius 1 is 1.08 bits per heavy atom. The minimum absolute atomic E-state index is 0.155. The molecule has 2 aromatic carbocycles. The molecule has 5 nitrogen and oxygen atoms in total. The molecule has 1 amide bonds. The summed E-state index contributed by atoms with van der Waals surface area (Å²) >= 11 is 17.8. The normalized spacial score (nSPS) is 12.9. The molecule has 0 heterocycles. The monoisotopic (exact) mass is 415 g/mol. The topological polar surface area (TPSA) is 75.6 Å². The summed E-state index contributed by atoms with van der Waals surface area (Å²) in [7, 11) is 0. The molecule has 2 N–H and O–H groups in total. The predicted molar refractivity (Wildman–Crippen MR) is 101 cm³/mol. The highest BCUT2D eigenvalue weighted by atomic mass is 35.5. The van der Waals surface area contributed by atoms with Crippen molar-refractivity contribution in [2.75, 3.05) is 0 Å². The summed E-state index contributed by atoms with van der Waals surface area (Å²) in [6.45, 7) is 1.48. The third-order valence-corrected chi connectivity index (χ3v) is 4.56. The number of carboxylic acid groups (broad SMARTS) is 1. The summed E-state index contributed by atoms with van der Waals surface area (Å²) in [4.78, 5) is 23.8. The van der Waals surface area contributed by atoms with Crippen LogP contribution in [0.15, 0.2) is 42.5 Å². The molecule has 0 aliphatic carbocycles. The van der Waals surface area contributed by atoms with Gasteiger partial charge in [-0.05, 0) is 18.6 Å². The first-order valence-corrected chi connectivity index (χ1v) is 8.79. The lowest BCUT2D eigenvalue weighted by Gasteiger charge is -2.19. The Hall–Kier alpha value is -1.95. The van der Waals surface area contributed by atoms with Gasteiger partial charge in [-0.1, -0.05) is 65.1 Å². The highest BCUT2D eigenvalue weighted by molar-refractivity contribution is 6.43. The minimum atomic E-state index is -1.14. The van der Waals surface area contributed by atoms with Crippen LogP contribution >= 0.6 is 34.8 Å². The highest BCUT2D eigenvalue weighted by Crippen LogP contribution is 2.34. The van der Waals surface area contributed by atoms with Gasteiger partial charge in [-0.15, -0.1) is 0 Å². The van der Waals surface area contributed by atoms with Crippen LogP contribution in [0, 0.1) is 0 Å². The zero-order chi connectivity index (χ0) is 19.3. The molecule has 0 aliphatic rings. The van der Waals surface area contributed by atoms with Crippen LogP contribution in [0.25, 0.3) is 0 Å². The van der Waals surface area contributed by atoms with Crippen molar-refractivity contribution >= 4 is 46.7 Å². The first kappa shape index (κ1) is 20.4. The highest BCUT2D eigenvalue weighted by Gasteiger charge is 2.25.